The first kappa shape index (κ1) is 21.0. The molecule has 1 N–H and O–H groups in total. The van der Waals surface area contributed by atoms with Gasteiger partial charge in [0, 0.05) is 19.3 Å². The lowest BCUT2D eigenvalue weighted by molar-refractivity contribution is -0.138. The molecule has 0 radical (unpaired) electrons. The van der Waals surface area contributed by atoms with Crippen molar-refractivity contribution in [2.75, 3.05) is 12.8 Å². The van der Waals surface area contributed by atoms with Gasteiger partial charge in [-0.2, -0.15) is 0 Å². The Labute approximate surface area is 164 Å². The minimum Gasteiger partial charge on any atom is -0.357 e. The van der Waals surface area contributed by atoms with Crippen LogP contribution >= 0.6 is 11.8 Å². The predicted octanol–water partition coefficient (Wildman–Crippen LogP) is 3.53. The minimum atomic E-state index is -0.605. The van der Waals surface area contributed by atoms with Crippen LogP contribution in [0.5, 0.6) is 0 Å². The van der Waals surface area contributed by atoms with Crippen molar-refractivity contribution in [1.82, 2.24) is 10.2 Å². The van der Waals surface area contributed by atoms with Crippen LogP contribution in [0.3, 0.4) is 0 Å². The number of thioether (sulfide) groups is 1. The number of nitrogens with zero attached hydrogens (tertiary/aromatic N) is 1. The summed E-state index contributed by atoms with van der Waals surface area (Å²) in [5.74, 6) is 0.328. The van der Waals surface area contributed by atoms with Crippen LogP contribution in [0.15, 0.2) is 48.5 Å². The van der Waals surface area contributed by atoms with Crippen molar-refractivity contribution in [1.29, 1.82) is 0 Å². The molecule has 0 bridgehead atoms. The Bertz CT molecular complexity index is 780. The average Bonchev–Trinajstić information content (AvgIpc) is 2.66. The molecule has 144 valence electrons. The molecule has 2 aromatic carbocycles. The van der Waals surface area contributed by atoms with E-state index in [2.05, 4.69) is 11.4 Å². The van der Waals surface area contributed by atoms with E-state index in [1.54, 1.807) is 26.1 Å². The maximum atomic E-state index is 13.1. The van der Waals surface area contributed by atoms with Crippen molar-refractivity contribution in [3.05, 3.63) is 71.0 Å². The maximum absolute atomic E-state index is 13.1. The van der Waals surface area contributed by atoms with Gasteiger partial charge in [-0.05, 0) is 37.1 Å². The molecule has 2 aromatic rings. The summed E-state index contributed by atoms with van der Waals surface area (Å²) in [5, 5.41) is 2.58. The third-order valence-corrected chi connectivity index (χ3v) is 5.25. The number of nitrogens with one attached hydrogen (secondary N) is 1. The quantitative estimate of drug-likeness (QED) is 0.753. The molecule has 2 amide bonds. The number of likely N-dealkylation sites (N-methyl/N-ethyl adjacent to an activating group) is 1. The first-order valence-electron chi connectivity index (χ1n) is 8.79. The Kier molecular flexibility index (Phi) is 7.85. The summed E-state index contributed by atoms with van der Waals surface area (Å²) >= 11 is 1.52. The Morgan fingerprint density at radius 2 is 1.85 bits per heavy atom. The number of benzene rings is 2. The molecule has 0 spiro atoms. The van der Waals surface area contributed by atoms with Gasteiger partial charge in [0.05, 0.1) is 5.75 Å². The molecule has 1 atom stereocenters. The molecule has 4 nitrogen and oxygen atoms in total. The van der Waals surface area contributed by atoms with Crippen molar-refractivity contribution in [3.8, 4) is 0 Å². The fourth-order valence-corrected chi connectivity index (χ4v) is 3.58. The zero-order chi connectivity index (χ0) is 19.8. The van der Waals surface area contributed by atoms with Gasteiger partial charge in [-0.15, -0.1) is 11.8 Å². The van der Waals surface area contributed by atoms with Gasteiger partial charge in [0.2, 0.25) is 11.8 Å². The Morgan fingerprint density at radius 3 is 2.48 bits per heavy atom. The lowest BCUT2D eigenvalue weighted by Gasteiger charge is -2.28. The number of rotatable bonds is 8. The highest BCUT2D eigenvalue weighted by Gasteiger charge is 2.25. The van der Waals surface area contributed by atoms with Crippen LogP contribution in [0.2, 0.25) is 0 Å². The smallest absolute Gasteiger partial charge is 0.242 e. The summed E-state index contributed by atoms with van der Waals surface area (Å²) in [6.45, 7) is 4.00. The van der Waals surface area contributed by atoms with E-state index in [9.17, 15) is 14.0 Å². The molecule has 0 aliphatic rings. The number of hydrogen-bond acceptors (Lipinski definition) is 3. The van der Waals surface area contributed by atoms with Gasteiger partial charge < -0.3 is 10.2 Å². The van der Waals surface area contributed by atoms with E-state index in [0.29, 0.717) is 0 Å². The number of hydrogen-bond donors (Lipinski definition) is 1. The molecule has 0 saturated heterocycles. The van der Waals surface area contributed by atoms with Crippen LogP contribution in [0.1, 0.15) is 23.6 Å². The van der Waals surface area contributed by atoms with Crippen LogP contribution in [-0.4, -0.2) is 35.6 Å². The third kappa shape index (κ3) is 6.40. The monoisotopic (exact) mass is 388 g/mol. The van der Waals surface area contributed by atoms with Gasteiger partial charge in [0.25, 0.3) is 0 Å². The largest absolute Gasteiger partial charge is 0.357 e. The standard InChI is InChI=1S/C21H25FN2O2S/c1-15-5-4-6-18(11-15)13-27-14-20(25)24(16(2)21(26)23-3)12-17-7-9-19(22)10-8-17/h4-11,16H,12-14H2,1-3H3,(H,23,26). The van der Waals surface area contributed by atoms with Gasteiger partial charge in [0.1, 0.15) is 11.9 Å². The minimum absolute atomic E-state index is 0.118. The fourth-order valence-electron chi connectivity index (χ4n) is 2.72. The number of amides is 2. The molecule has 0 fully saturated rings. The SMILES string of the molecule is CNC(=O)C(C)N(Cc1ccc(F)cc1)C(=O)CSCc1cccc(C)c1. The molecular formula is C21H25FN2O2S. The Balaban J connectivity index is 2.03. The summed E-state index contributed by atoms with van der Waals surface area (Å²) in [4.78, 5) is 26.4. The Hall–Kier alpha value is -2.34. The fraction of sp³-hybridized carbons (Fsp3) is 0.333. The highest BCUT2D eigenvalue weighted by atomic mass is 32.2. The maximum Gasteiger partial charge on any atom is 0.242 e. The molecule has 0 heterocycles. The van der Waals surface area contributed by atoms with E-state index < -0.39 is 6.04 Å². The highest BCUT2D eigenvalue weighted by molar-refractivity contribution is 7.99. The van der Waals surface area contributed by atoms with Crippen LogP contribution in [-0.2, 0) is 21.9 Å². The lowest BCUT2D eigenvalue weighted by atomic mass is 10.1. The zero-order valence-corrected chi connectivity index (χ0v) is 16.7. The van der Waals surface area contributed by atoms with E-state index in [-0.39, 0.29) is 29.9 Å². The van der Waals surface area contributed by atoms with E-state index >= 15 is 0 Å². The summed E-state index contributed by atoms with van der Waals surface area (Å²) in [5.41, 5.74) is 3.13. The molecule has 0 saturated carbocycles. The third-order valence-electron chi connectivity index (χ3n) is 4.26. The van der Waals surface area contributed by atoms with Crippen molar-refractivity contribution >= 4 is 23.6 Å². The topological polar surface area (TPSA) is 49.4 Å². The van der Waals surface area contributed by atoms with Crippen LogP contribution in [0.4, 0.5) is 4.39 Å². The normalized spacial score (nSPS) is 11.7. The van der Waals surface area contributed by atoms with E-state index in [4.69, 9.17) is 0 Å². The van der Waals surface area contributed by atoms with E-state index in [1.807, 2.05) is 25.1 Å². The molecule has 6 heteroatoms. The molecule has 0 aliphatic carbocycles. The second-order valence-electron chi connectivity index (χ2n) is 6.42. The van der Waals surface area contributed by atoms with Gasteiger partial charge in [-0.25, -0.2) is 4.39 Å². The Morgan fingerprint density at radius 1 is 1.15 bits per heavy atom. The first-order valence-corrected chi connectivity index (χ1v) is 9.95. The van der Waals surface area contributed by atoms with Crippen molar-refractivity contribution in [3.63, 3.8) is 0 Å². The van der Waals surface area contributed by atoms with E-state index in [1.165, 1.54) is 34.4 Å². The summed E-state index contributed by atoms with van der Waals surface area (Å²) in [7, 11) is 1.55. The average molecular weight is 389 g/mol. The second-order valence-corrected chi connectivity index (χ2v) is 7.41. The lowest BCUT2D eigenvalue weighted by Crippen LogP contribution is -2.47. The molecule has 0 aliphatic heterocycles. The van der Waals surface area contributed by atoms with Gasteiger partial charge in [-0.3, -0.25) is 9.59 Å². The predicted molar refractivity (Wildman–Crippen MR) is 108 cm³/mol. The van der Waals surface area contributed by atoms with Crippen molar-refractivity contribution in [2.45, 2.75) is 32.2 Å². The van der Waals surface area contributed by atoms with Crippen LogP contribution in [0.25, 0.3) is 0 Å². The van der Waals surface area contributed by atoms with Gasteiger partial charge in [0.15, 0.2) is 0 Å². The number of aryl methyl sites for hydroxylation is 1. The number of carbonyl (C=O) groups is 2. The van der Waals surface area contributed by atoms with Crippen LogP contribution in [0, 0.1) is 12.7 Å². The van der Waals surface area contributed by atoms with Crippen molar-refractivity contribution < 1.29 is 14.0 Å². The number of halogens is 1. The molecular weight excluding hydrogens is 363 g/mol. The molecule has 0 aromatic heterocycles. The van der Waals surface area contributed by atoms with Crippen molar-refractivity contribution in [2.24, 2.45) is 0 Å². The second kappa shape index (κ2) is 10.1. The molecule has 1 unspecified atom stereocenters. The van der Waals surface area contributed by atoms with Crippen LogP contribution < -0.4 is 5.32 Å². The van der Waals surface area contributed by atoms with Gasteiger partial charge >= 0.3 is 0 Å². The summed E-state index contributed by atoms with van der Waals surface area (Å²) < 4.78 is 13.1. The highest BCUT2D eigenvalue weighted by Crippen LogP contribution is 2.17. The van der Waals surface area contributed by atoms with Gasteiger partial charge in [-0.1, -0.05) is 42.0 Å². The summed E-state index contributed by atoms with van der Waals surface area (Å²) in [6, 6.07) is 13.5. The summed E-state index contributed by atoms with van der Waals surface area (Å²) in [6.07, 6.45) is 0. The number of carbonyl (C=O) groups excluding carboxylic acids is 2. The van der Waals surface area contributed by atoms with E-state index in [0.717, 1.165) is 16.9 Å². The zero-order valence-electron chi connectivity index (χ0n) is 15.9. The molecule has 2 rings (SSSR count). The first-order chi connectivity index (χ1) is 12.9. The molecule has 27 heavy (non-hydrogen) atoms.